The summed E-state index contributed by atoms with van der Waals surface area (Å²) >= 11 is 0. The van der Waals surface area contributed by atoms with E-state index in [4.69, 9.17) is 4.42 Å². The van der Waals surface area contributed by atoms with Crippen LogP contribution in [0.2, 0.25) is 0 Å². The molecule has 3 rings (SSSR count). The van der Waals surface area contributed by atoms with Crippen LogP contribution in [-0.4, -0.2) is 15.7 Å². The number of para-hydroxylation sites is 1. The first-order valence-corrected chi connectivity index (χ1v) is 6.05. The van der Waals surface area contributed by atoms with E-state index < -0.39 is 11.7 Å². The zero-order valence-electron chi connectivity index (χ0n) is 11.0. The summed E-state index contributed by atoms with van der Waals surface area (Å²) in [6.07, 6.45) is 1.71. The fourth-order valence-electron chi connectivity index (χ4n) is 2.08. The van der Waals surface area contributed by atoms with Crippen LogP contribution in [-0.2, 0) is 7.05 Å². The highest BCUT2D eigenvalue weighted by molar-refractivity contribution is 6.06. The molecule has 6 heteroatoms. The van der Waals surface area contributed by atoms with Crippen molar-refractivity contribution in [3.8, 4) is 0 Å². The number of hydrogen-bond acceptors (Lipinski definition) is 3. The predicted octanol–water partition coefficient (Wildman–Crippen LogP) is 2.87. The van der Waals surface area contributed by atoms with E-state index >= 15 is 0 Å². The molecule has 0 radical (unpaired) electrons. The van der Waals surface area contributed by atoms with Gasteiger partial charge in [0.1, 0.15) is 0 Å². The number of benzene rings is 1. The van der Waals surface area contributed by atoms with E-state index in [9.17, 15) is 9.18 Å². The van der Waals surface area contributed by atoms with E-state index in [0.717, 1.165) is 0 Å². The topological polar surface area (TPSA) is 60.1 Å². The number of rotatable bonds is 2. The largest absolute Gasteiger partial charge is 0.448 e. The smallest absolute Gasteiger partial charge is 0.292 e. The number of carbonyl (C=O) groups excluding carboxylic acids is 1. The number of furan rings is 1. The van der Waals surface area contributed by atoms with E-state index in [0.29, 0.717) is 16.8 Å². The number of anilines is 1. The van der Waals surface area contributed by atoms with Crippen molar-refractivity contribution in [2.45, 2.75) is 6.92 Å². The Morgan fingerprint density at radius 2 is 2.20 bits per heavy atom. The molecule has 1 aromatic carbocycles. The van der Waals surface area contributed by atoms with Crippen molar-refractivity contribution in [1.29, 1.82) is 0 Å². The van der Waals surface area contributed by atoms with Gasteiger partial charge >= 0.3 is 0 Å². The first kappa shape index (κ1) is 12.4. The Labute approximate surface area is 114 Å². The maximum atomic E-state index is 13.6. The highest BCUT2D eigenvalue weighted by Gasteiger charge is 2.20. The standard InChI is InChI=1S/C14H12FN3O2/c1-8-9-4-3-5-10(15)13(9)20-12(8)14(19)16-11-6-7-18(2)17-11/h3-7H,1-2H3,(H,16,17,19). The fourth-order valence-corrected chi connectivity index (χ4v) is 2.08. The van der Waals surface area contributed by atoms with Gasteiger partial charge in [-0.1, -0.05) is 12.1 Å². The van der Waals surface area contributed by atoms with Crippen LogP contribution in [0.15, 0.2) is 34.9 Å². The lowest BCUT2D eigenvalue weighted by atomic mass is 10.1. The second kappa shape index (κ2) is 4.48. The average Bonchev–Trinajstić information content (AvgIpc) is 2.95. The first-order chi connectivity index (χ1) is 9.56. The minimum absolute atomic E-state index is 0.0933. The Morgan fingerprint density at radius 3 is 2.85 bits per heavy atom. The SMILES string of the molecule is Cc1c(C(=O)Nc2ccn(C)n2)oc2c(F)cccc12. The van der Waals surface area contributed by atoms with Crippen molar-refractivity contribution in [1.82, 2.24) is 9.78 Å². The molecule has 1 N–H and O–H groups in total. The summed E-state index contributed by atoms with van der Waals surface area (Å²) in [5.41, 5.74) is 0.698. The van der Waals surface area contributed by atoms with Crippen molar-refractivity contribution in [3.63, 3.8) is 0 Å². The maximum absolute atomic E-state index is 13.6. The van der Waals surface area contributed by atoms with Gasteiger partial charge in [0.2, 0.25) is 0 Å². The number of halogens is 1. The highest BCUT2D eigenvalue weighted by atomic mass is 19.1. The van der Waals surface area contributed by atoms with E-state index in [2.05, 4.69) is 10.4 Å². The number of aryl methyl sites for hydroxylation is 2. The summed E-state index contributed by atoms with van der Waals surface area (Å²) in [6, 6.07) is 6.26. The zero-order chi connectivity index (χ0) is 14.3. The third-order valence-electron chi connectivity index (χ3n) is 3.08. The van der Waals surface area contributed by atoms with Crippen molar-refractivity contribution in [2.75, 3.05) is 5.32 Å². The van der Waals surface area contributed by atoms with Crippen molar-refractivity contribution >= 4 is 22.7 Å². The Kier molecular flexibility index (Phi) is 2.78. The van der Waals surface area contributed by atoms with Gasteiger partial charge in [0.05, 0.1) is 0 Å². The Balaban J connectivity index is 1.99. The minimum atomic E-state index is -0.484. The summed E-state index contributed by atoms with van der Waals surface area (Å²) in [5, 5.41) is 7.25. The molecule has 0 saturated heterocycles. The van der Waals surface area contributed by atoms with Gasteiger partial charge in [-0.3, -0.25) is 9.48 Å². The van der Waals surface area contributed by atoms with E-state index in [-0.39, 0.29) is 11.3 Å². The molecular weight excluding hydrogens is 261 g/mol. The van der Waals surface area contributed by atoms with Gasteiger partial charge in [0, 0.05) is 30.3 Å². The monoisotopic (exact) mass is 273 g/mol. The lowest BCUT2D eigenvalue weighted by Crippen LogP contribution is -2.12. The van der Waals surface area contributed by atoms with Gasteiger partial charge < -0.3 is 9.73 Å². The Hall–Kier alpha value is -2.63. The molecule has 0 atom stereocenters. The Morgan fingerprint density at radius 1 is 1.40 bits per heavy atom. The molecule has 0 aliphatic carbocycles. The number of nitrogens with zero attached hydrogens (tertiary/aromatic N) is 2. The molecule has 2 aromatic heterocycles. The normalized spacial score (nSPS) is 10.9. The molecule has 2 heterocycles. The summed E-state index contributed by atoms with van der Waals surface area (Å²) in [6.45, 7) is 1.72. The number of nitrogens with one attached hydrogen (secondary N) is 1. The summed E-state index contributed by atoms with van der Waals surface area (Å²) in [5.74, 6) is -0.423. The number of amides is 1. The molecule has 0 saturated carbocycles. The first-order valence-electron chi connectivity index (χ1n) is 6.05. The molecule has 0 bridgehead atoms. The van der Waals surface area contributed by atoms with Crippen LogP contribution in [0.1, 0.15) is 16.1 Å². The molecule has 0 fully saturated rings. The molecular formula is C14H12FN3O2. The molecule has 0 unspecified atom stereocenters. The molecule has 1 amide bonds. The number of aromatic nitrogens is 2. The van der Waals surface area contributed by atoms with E-state index in [1.165, 1.54) is 6.07 Å². The lowest BCUT2D eigenvalue weighted by Gasteiger charge is -1.99. The third-order valence-corrected chi connectivity index (χ3v) is 3.08. The van der Waals surface area contributed by atoms with Crippen LogP contribution >= 0.6 is 0 Å². The van der Waals surface area contributed by atoms with E-state index in [1.54, 1.807) is 43.0 Å². The zero-order valence-corrected chi connectivity index (χ0v) is 11.0. The molecule has 0 aliphatic rings. The minimum Gasteiger partial charge on any atom is -0.448 e. The number of carbonyl (C=O) groups is 1. The lowest BCUT2D eigenvalue weighted by molar-refractivity contribution is 0.0997. The number of fused-ring (bicyclic) bond motifs is 1. The Bertz CT molecular complexity index is 804. The molecule has 0 spiro atoms. The van der Waals surface area contributed by atoms with Crippen molar-refractivity contribution < 1.29 is 13.6 Å². The van der Waals surface area contributed by atoms with Crippen LogP contribution < -0.4 is 5.32 Å². The molecule has 5 nitrogen and oxygen atoms in total. The summed E-state index contributed by atoms with van der Waals surface area (Å²) < 4.78 is 20.6. The van der Waals surface area contributed by atoms with Crippen molar-refractivity contribution in [2.24, 2.45) is 7.05 Å². The van der Waals surface area contributed by atoms with Crippen molar-refractivity contribution in [3.05, 3.63) is 47.6 Å². The van der Waals surface area contributed by atoms with Gasteiger partial charge in [-0.25, -0.2) is 4.39 Å². The fraction of sp³-hybridized carbons (Fsp3) is 0.143. The quantitative estimate of drug-likeness (QED) is 0.781. The van der Waals surface area contributed by atoms with Gasteiger partial charge in [-0.15, -0.1) is 0 Å². The van der Waals surface area contributed by atoms with Crippen LogP contribution in [0.25, 0.3) is 11.0 Å². The molecule has 3 aromatic rings. The van der Waals surface area contributed by atoms with Crippen LogP contribution in [0.4, 0.5) is 10.2 Å². The second-order valence-electron chi connectivity index (χ2n) is 4.50. The van der Waals surface area contributed by atoms with E-state index in [1.807, 2.05) is 0 Å². The summed E-state index contributed by atoms with van der Waals surface area (Å²) in [4.78, 5) is 12.1. The van der Waals surface area contributed by atoms with Gasteiger partial charge in [0.15, 0.2) is 23.0 Å². The van der Waals surface area contributed by atoms with Crippen LogP contribution in [0.3, 0.4) is 0 Å². The van der Waals surface area contributed by atoms with Gasteiger partial charge in [-0.2, -0.15) is 5.10 Å². The summed E-state index contributed by atoms with van der Waals surface area (Å²) in [7, 11) is 1.75. The maximum Gasteiger partial charge on any atom is 0.292 e. The van der Waals surface area contributed by atoms with Crippen LogP contribution in [0, 0.1) is 12.7 Å². The third kappa shape index (κ3) is 1.95. The number of hydrogen-bond donors (Lipinski definition) is 1. The molecule has 102 valence electrons. The van der Waals surface area contributed by atoms with Crippen LogP contribution in [0.5, 0.6) is 0 Å². The molecule has 0 aliphatic heterocycles. The molecule has 20 heavy (non-hydrogen) atoms. The predicted molar refractivity (Wildman–Crippen MR) is 72.1 cm³/mol. The van der Waals surface area contributed by atoms with Gasteiger partial charge in [-0.05, 0) is 13.0 Å². The highest BCUT2D eigenvalue weighted by Crippen LogP contribution is 2.27. The second-order valence-corrected chi connectivity index (χ2v) is 4.50. The average molecular weight is 273 g/mol. The van der Waals surface area contributed by atoms with Gasteiger partial charge in [0.25, 0.3) is 5.91 Å².